The molecular formula is C64H36N8O. The molecule has 0 aliphatic rings. The van der Waals surface area contributed by atoms with Crippen LogP contribution in [0.4, 0.5) is 0 Å². The molecule has 0 unspecified atom stereocenters. The molecule has 0 amide bonds. The van der Waals surface area contributed by atoms with Crippen LogP contribution < -0.4 is 0 Å². The number of aromatic nitrogens is 6. The quantitative estimate of drug-likeness (QED) is 0.165. The third-order valence-corrected chi connectivity index (χ3v) is 14.6. The highest BCUT2D eigenvalue weighted by molar-refractivity contribution is 6.17. The summed E-state index contributed by atoms with van der Waals surface area (Å²) in [6.45, 7) is 0. The van der Waals surface area contributed by atoms with Crippen molar-refractivity contribution in [3.05, 3.63) is 230 Å². The molecule has 15 aromatic rings. The van der Waals surface area contributed by atoms with Crippen LogP contribution in [0.1, 0.15) is 11.1 Å². The van der Waals surface area contributed by atoms with Gasteiger partial charge in [-0.15, -0.1) is 10.2 Å². The summed E-state index contributed by atoms with van der Waals surface area (Å²) in [5.74, 6) is 0.476. The standard InChI is InChI=1S/C64H36N8O/c65-37-39-33-35-40(36-34-39)63-67-68-64(73-63)58-59(69-50-25-9-1-17-41(50)42-18-2-10-26-51(42)69)49(38-66)60(70-52-27-11-3-19-43(52)44-20-4-12-28-53(44)70)62(72-56-31-15-7-23-47(56)48-24-8-16-32-57(48)72)61(58)71-54-29-13-5-21-45(54)46-22-6-14-30-55(46)71/h1-36H. The Balaban J connectivity index is 1.29. The van der Waals surface area contributed by atoms with E-state index in [1.165, 1.54) is 0 Å². The third kappa shape index (κ3) is 5.64. The highest BCUT2D eigenvalue weighted by atomic mass is 16.4. The monoisotopic (exact) mass is 932 g/mol. The molecule has 0 radical (unpaired) electrons. The molecule has 10 aromatic carbocycles. The summed E-state index contributed by atoms with van der Waals surface area (Å²) in [7, 11) is 0. The summed E-state index contributed by atoms with van der Waals surface area (Å²) in [6.07, 6.45) is 0. The number of benzene rings is 10. The number of hydrogen-bond donors (Lipinski definition) is 0. The van der Waals surface area contributed by atoms with E-state index in [2.05, 4.69) is 212 Å². The molecule has 73 heavy (non-hydrogen) atoms. The summed E-state index contributed by atoms with van der Waals surface area (Å²) < 4.78 is 16.3. The molecule has 9 nitrogen and oxygen atoms in total. The van der Waals surface area contributed by atoms with Crippen molar-refractivity contribution >= 4 is 87.2 Å². The van der Waals surface area contributed by atoms with Gasteiger partial charge in [0.25, 0.3) is 5.89 Å². The molecule has 0 spiro atoms. The van der Waals surface area contributed by atoms with Crippen LogP contribution in [0.5, 0.6) is 0 Å². The topological polar surface area (TPSA) is 106 Å². The van der Waals surface area contributed by atoms with E-state index in [0.29, 0.717) is 33.6 Å². The first-order chi connectivity index (χ1) is 36.2. The zero-order valence-corrected chi connectivity index (χ0v) is 38.8. The first-order valence-electron chi connectivity index (χ1n) is 24.1. The van der Waals surface area contributed by atoms with Crippen molar-refractivity contribution in [3.63, 3.8) is 0 Å². The lowest BCUT2D eigenvalue weighted by Gasteiger charge is -2.28. The average Bonchev–Trinajstić information content (AvgIpc) is 4.28. The zero-order valence-electron chi connectivity index (χ0n) is 38.8. The average molecular weight is 933 g/mol. The van der Waals surface area contributed by atoms with Gasteiger partial charge in [0.1, 0.15) is 11.6 Å². The van der Waals surface area contributed by atoms with Gasteiger partial charge >= 0.3 is 0 Å². The predicted molar refractivity (Wildman–Crippen MR) is 292 cm³/mol. The Labute approximate surface area is 416 Å². The summed E-state index contributed by atoms with van der Waals surface area (Å²) in [5, 5.41) is 40.6. The van der Waals surface area contributed by atoms with Gasteiger partial charge < -0.3 is 22.7 Å². The molecule has 0 N–H and O–H groups in total. The van der Waals surface area contributed by atoms with E-state index in [4.69, 9.17) is 14.6 Å². The van der Waals surface area contributed by atoms with Crippen LogP contribution >= 0.6 is 0 Å². The van der Waals surface area contributed by atoms with Crippen LogP contribution in [-0.2, 0) is 0 Å². The van der Waals surface area contributed by atoms with Gasteiger partial charge in [-0.3, -0.25) is 0 Å². The Hall–Kier alpha value is -10.5. The van der Waals surface area contributed by atoms with E-state index in [0.717, 1.165) is 98.6 Å². The minimum absolute atomic E-state index is 0.209. The van der Waals surface area contributed by atoms with E-state index in [-0.39, 0.29) is 11.8 Å². The molecule has 0 aliphatic carbocycles. The number of rotatable bonds is 6. The number of hydrogen-bond acceptors (Lipinski definition) is 5. The van der Waals surface area contributed by atoms with Gasteiger partial charge in [0.05, 0.1) is 84.1 Å². The SMILES string of the molecule is N#Cc1ccc(-c2nnc(-c3c(-n4c5ccccc5c5ccccc54)c(C#N)c(-n4c5ccccc5c5ccccc54)c(-n4c5ccccc5c5ccccc54)c3-n3c4ccccc4c4ccccc43)o2)cc1. The van der Waals surface area contributed by atoms with Crippen LogP contribution in [0.15, 0.2) is 223 Å². The first-order valence-corrected chi connectivity index (χ1v) is 24.1. The Morgan fingerprint density at radius 1 is 0.301 bits per heavy atom. The molecule has 5 aromatic heterocycles. The van der Waals surface area contributed by atoms with Crippen molar-refractivity contribution in [1.82, 2.24) is 28.5 Å². The maximum Gasteiger partial charge on any atom is 0.252 e. The van der Waals surface area contributed by atoms with Crippen molar-refractivity contribution in [1.29, 1.82) is 10.5 Å². The minimum atomic E-state index is 0.209. The molecule has 0 aliphatic heterocycles. The van der Waals surface area contributed by atoms with Crippen molar-refractivity contribution in [2.24, 2.45) is 0 Å². The summed E-state index contributed by atoms with van der Waals surface area (Å²) in [5.41, 5.74) is 12.3. The lowest BCUT2D eigenvalue weighted by molar-refractivity contribution is 0.584. The lowest BCUT2D eigenvalue weighted by Crippen LogP contribution is -2.16. The predicted octanol–water partition coefficient (Wildman–Crippen LogP) is 15.5. The van der Waals surface area contributed by atoms with Crippen molar-refractivity contribution in [3.8, 4) is 57.8 Å². The Kier molecular flexibility index (Phi) is 8.59. The van der Waals surface area contributed by atoms with E-state index in [9.17, 15) is 10.5 Å². The Morgan fingerprint density at radius 2 is 0.603 bits per heavy atom. The van der Waals surface area contributed by atoms with Gasteiger partial charge in [-0.1, -0.05) is 146 Å². The van der Waals surface area contributed by atoms with Crippen LogP contribution in [-0.4, -0.2) is 28.5 Å². The van der Waals surface area contributed by atoms with Gasteiger partial charge in [0, 0.05) is 48.7 Å². The fourth-order valence-electron chi connectivity index (χ4n) is 11.7. The summed E-state index contributed by atoms with van der Waals surface area (Å²) >= 11 is 0. The molecule has 0 bridgehead atoms. The van der Waals surface area contributed by atoms with Gasteiger partial charge in [-0.05, 0) is 72.8 Å². The molecule has 0 saturated carbocycles. The van der Waals surface area contributed by atoms with Crippen LogP contribution in [0.3, 0.4) is 0 Å². The molecule has 0 fully saturated rings. The van der Waals surface area contributed by atoms with Crippen molar-refractivity contribution in [2.75, 3.05) is 0 Å². The third-order valence-electron chi connectivity index (χ3n) is 14.6. The smallest absolute Gasteiger partial charge is 0.252 e. The minimum Gasteiger partial charge on any atom is -0.416 e. The summed E-state index contributed by atoms with van der Waals surface area (Å²) in [4.78, 5) is 0. The second-order valence-electron chi connectivity index (χ2n) is 18.3. The Morgan fingerprint density at radius 3 is 0.945 bits per heavy atom. The van der Waals surface area contributed by atoms with E-state index in [1.807, 2.05) is 24.3 Å². The molecule has 15 rings (SSSR count). The fraction of sp³-hybridized carbons (Fsp3) is 0. The Bertz CT molecular complexity index is 4680. The lowest BCUT2D eigenvalue weighted by atomic mass is 9.97. The van der Waals surface area contributed by atoms with Gasteiger partial charge in [0.2, 0.25) is 5.89 Å². The first kappa shape index (κ1) is 40.4. The maximum atomic E-state index is 12.6. The largest absolute Gasteiger partial charge is 0.416 e. The fourth-order valence-corrected chi connectivity index (χ4v) is 11.7. The number of fused-ring (bicyclic) bond motifs is 12. The van der Waals surface area contributed by atoms with Crippen LogP contribution in [0, 0.1) is 22.7 Å². The van der Waals surface area contributed by atoms with E-state index >= 15 is 0 Å². The number of nitriles is 2. The highest BCUT2D eigenvalue weighted by Gasteiger charge is 2.36. The van der Waals surface area contributed by atoms with Crippen molar-refractivity contribution in [2.45, 2.75) is 0 Å². The van der Waals surface area contributed by atoms with Crippen molar-refractivity contribution < 1.29 is 4.42 Å². The van der Waals surface area contributed by atoms with E-state index < -0.39 is 0 Å². The molecule has 0 atom stereocenters. The zero-order chi connectivity index (χ0) is 48.3. The molecular weight excluding hydrogens is 897 g/mol. The maximum absolute atomic E-state index is 12.6. The normalized spacial score (nSPS) is 11.8. The van der Waals surface area contributed by atoms with Crippen LogP contribution in [0.2, 0.25) is 0 Å². The molecule has 5 heterocycles. The number of para-hydroxylation sites is 8. The highest BCUT2D eigenvalue weighted by Crippen LogP contribution is 2.51. The number of nitrogens with zero attached hydrogens (tertiary/aromatic N) is 8. The molecule has 0 saturated heterocycles. The van der Waals surface area contributed by atoms with E-state index in [1.54, 1.807) is 12.1 Å². The second-order valence-corrected chi connectivity index (χ2v) is 18.3. The van der Waals surface area contributed by atoms with Gasteiger partial charge in [-0.2, -0.15) is 10.5 Å². The molecule has 338 valence electrons. The van der Waals surface area contributed by atoms with Gasteiger partial charge in [0.15, 0.2) is 0 Å². The van der Waals surface area contributed by atoms with Gasteiger partial charge in [-0.25, -0.2) is 0 Å². The summed E-state index contributed by atoms with van der Waals surface area (Å²) in [6, 6.07) is 80.0. The molecule has 9 heteroatoms. The second kappa shape index (κ2) is 15.5. The van der Waals surface area contributed by atoms with Crippen LogP contribution in [0.25, 0.3) is 133 Å².